The third kappa shape index (κ3) is 4.53. The maximum Gasteiger partial charge on any atom is 0.138 e. The van der Waals surface area contributed by atoms with Gasteiger partial charge in [0.1, 0.15) is 5.78 Å². The van der Waals surface area contributed by atoms with Crippen molar-refractivity contribution in [3.05, 3.63) is 20.8 Å². The highest BCUT2D eigenvalue weighted by atomic mass is 79.9. The van der Waals surface area contributed by atoms with Crippen molar-refractivity contribution < 1.29 is 4.79 Å². The van der Waals surface area contributed by atoms with Crippen LogP contribution in [0.4, 0.5) is 0 Å². The lowest BCUT2D eigenvalue weighted by molar-refractivity contribution is -0.118. The molecule has 0 aromatic carbocycles. The van der Waals surface area contributed by atoms with E-state index in [0.29, 0.717) is 24.7 Å². The van der Waals surface area contributed by atoms with Crippen molar-refractivity contribution >= 4 is 33.0 Å². The highest BCUT2D eigenvalue weighted by Crippen LogP contribution is 2.23. The summed E-state index contributed by atoms with van der Waals surface area (Å²) in [6.07, 6.45) is 6.15. The number of carbonyl (C=O) groups excluding carboxylic acids is 1. The number of carbonyl (C=O) groups is 1. The molecule has 0 saturated carbocycles. The fourth-order valence-corrected chi connectivity index (χ4v) is 3.75. The molecule has 0 radical (unpaired) electrons. The lowest BCUT2D eigenvalue weighted by atomic mass is 9.98. The fraction of sp³-hybridized carbons (Fsp3) is 0.615. The standard InChI is InChI=1S/C13H18BrNOS/c14-13-7-6-12(17-13)9-11(16)5-4-10-3-1-2-8-15-10/h6-7,10,15H,1-5,8-9H2. The van der Waals surface area contributed by atoms with Crippen LogP contribution in [-0.4, -0.2) is 18.4 Å². The van der Waals surface area contributed by atoms with Crippen LogP contribution in [0, 0.1) is 0 Å². The van der Waals surface area contributed by atoms with Crippen LogP contribution in [0.15, 0.2) is 15.9 Å². The number of Topliss-reactive ketones (excluding diaryl/α,β-unsaturated/α-hetero) is 1. The van der Waals surface area contributed by atoms with E-state index in [1.165, 1.54) is 24.1 Å². The van der Waals surface area contributed by atoms with E-state index in [1.54, 1.807) is 11.3 Å². The van der Waals surface area contributed by atoms with E-state index in [4.69, 9.17) is 0 Å². The molecule has 1 fully saturated rings. The number of halogens is 1. The van der Waals surface area contributed by atoms with E-state index in [9.17, 15) is 4.79 Å². The molecule has 1 aromatic heterocycles. The molecule has 1 unspecified atom stereocenters. The first-order valence-corrected chi connectivity index (χ1v) is 7.84. The Morgan fingerprint density at radius 1 is 1.47 bits per heavy atom. The number of thiophene rings is 1. The van der Waals surface area contributed by atoms with Gasteiger partial charge in [-0.2, -0.15) is 0 Å². The molecule has 2 rings (SSSR count). The molecule has 0 spiro atoms. The first-order chi connectivity index (χ1) is 8.24. The van der Waals surface area contributed by atoms with E-state index in [2.05, 4.69) is 21.2 Å². The minimum atomic E-state index is 0.367. The largest absolute Gasteiger partial charge is 0.314 e. The number of hydrogen-bond acceptors (Lipinski definition) is 3. The van der Waals surface area contributed by atoms with E-state index >= 15 is 0 Å². The number of ketones is 1. The Hall–Kier alpha value is -0.190. The van der Waals surface area contributed by atoms with Crippen LogP contribution in [0.5, 0.6) is 0 Å². The summed E-state index contributed by atoms with van der Waals surface area (Å²) in [4.78, 5) is 13.0. The van der Waals surface area contributed by atoms with Crippen LogP contribution in [0.25, 0.3) is 0 Å². The quantitative estimate of drug-likeness (QED) is 0.900. The van der Waals surface area contributed by atoms with Crippen molar-refractivity contribution in [1.82, 2.24) is 5.32 Å². The second-order valence-electron chi connectivity index (χ2n) is 4.61. The molecule has 0 bridgehead atoms. The van der Waals surface area contributed by atoms with Crippen molar-refractivity contribution in [1.29, 1.82) is 0 Å². The summed E-state index contributed by atoms with van der Waals surface area (Å²) in [5, 5.41) is 3.49. The molecule has 0 aliphatic carbocycles. The Morgan fingerprint density at radius 3 is 3.00 bits per heavy atom. The fourth-order valence-electron chi connectivity index (χ4n) is 2.24. The van der Waals surface area contributed by atoms with Gasteiger partial charge >= 0.3 is 0 Å². The second kappa shape index (κ2) is 6.66. The van der Waals surface area contributed by atoms with E-state index in [0.717, 1.165) is 16.8 Å². The lowest BCUT2D eigenvalue weighted by Gasteiger charge is -2.22. The Balaban J connectivity index is 1.70. The predicted octanol–water partition coefficient (Wildman–Crippen LogP) is 3.54. The normalized spacial score (nSPS) is 20.4. The third-order valence-electron chi connectivity index (χ3n) is 3.18. The van der Waals surface area contributed by atoms with Gasteiger partial charge in [0.15, 0.2) is 0 Å². The van der Waals surface area contributed by atoms with Crippen LogP contribution < -0.4 is 5.32 Å². The predicted molar refractivity (Wildman–Crippen MR) is 75.6 cm³/mol. The van der Waals surface area contributed by atoms with Crippen molar-refractivity contribution in [2.24, 2.45) is 0 Å². The third-order valence-corrected chi connectivity index (χ3v) is 4.81. The van der Waals surface area contributed by atoms with Gasteiger partial charge in [-0.15, -0.1) is 11.3 Å². The molecule has 1 aromatic rings. The number of rotatable bonds is 5. The topological polar surface area (TPSA) is 29.1 Å². The summed E-state index contributed by atoms with van der Waals surface area (Å²) in [6.45, 7) is 1.12. The summed E-state index contributed by atoms with van der Waals surface area (Å²) in [6, 6.07) is 4.62. The molecule has 2 heterocycles. The Bertz CT molecular complexity index is 371. The maximum atomic E-state index is 11.8. The average Bonchev–Trinajstić information content (AvgIpc) is 2.73. The smallest absolute Gasteiger partial charge is 0.138 e. The monoisotopic (exact) mass is 315 g/mol. The van der Waals surface area contributed by atoms with Crippen LogP contribution in [0.1, 0.15) is 37.0 Å². The van der Waals surface area contributed by atoms with E-state index < -0.39 is 0 Å². The molecular formula is C13H18BrNOS. The molecule has 94 valence electrons. The van der Waals surface area contributed by atoms with Gasteiger partial charge in [-0.05, 0) is 53.9 Å². The molecule has 1 aliphatic rings. The first-order valence-electron chi connectivity index (χ1n) is 6.23. The molecular weight excluding hydrogens is 298 g/mol. The van der Waals surface area contributed by atoms with Crippen LogP contribution >= 0.6 is 27.3 Å². The van der Waals surface area contributed by atoms with Crippen LogP contribution in [-0.2, 0) is 11.2 Å². The minimum absolute atomic E-state index is 0.367. The van der Waals surface area contributed by atoms with Gasteiger partial charge in [0.2, 0.25) is 0 Å². The zero-order chi connectivity index (χ0) is 12.1. The number of nitrogens with one attached hydrogen (secondary N) is 1. The number of hydrogen-bond donors (Lipinski definition) is 1. The Labute approximate surface area is 115 Å². The molecule has 1 aliphatic heterocycles. The van der Waals surface area contributed by atoms with Crippen molar-refractivity contribution in [2.75, 3.05) is 6.54 Å². The lowest BCUT2D eigenvalue weighted by Crippen LogP contribution is -2.34. The van der Waals surface area contributed by atoms with Gasteiger partial charge in [0.05, 0.1) is 3.79 Å². The molecule has 17 heavy (non-hydrogen) atoms. The Kier molecular flexibility index (Phi) is 5.19. The molecule has 0 amide bonds. The van der Waals surface area contributed by atoms with E-state index in [-0.39, 0.29) is 0 Å². The summed E-state index contributed by atoms with van der Waals surface area (Å²) in [7, 11) is 0. The molecule has 1 atom stereocenters. The highest BCUT2D eigenvalue weighted by Gasteiger charge is 2.14. The van der Waals surface area contributed by atoms with Gasteiger partial charge in [0.25, 0.3) is 0 Å². The van der Waals surface area contributed by atoms with E-state index in [1.807, 2.05) is 12.1 Å². The summed E-state index contributed by atoms with van der Waals surface area (Å²) < 4.78 is 1.11. The highest BCUT2D eigenvalue weighted by molar-refractivity contribution is 9.11. The second-order valence-corrected chi connectivity index (χ2v) is 7.15. The maximum absolute atomic E-state index is 11.8. The van der Waals surface area contributed by atoms with Crippen molar-refractivity contribution in [3.63, 3.8) is 0 Å². The first kappa shape index (κ1) is 13.2. The van der Waals surface area contributed by atoms with Gasteiger partial charge in [-0.1, -0.05) is 6.42 Å². The van der Waals surface area contributed by atoms with Gasteiger partial charge in [0, 0.05) is 23.8 Å². The average molecular weight is 316 g/mol. The zero-order valence-corrected chi connectivity index (χ0v) is 12.3. The summed E-state index contributed by atoms with van der Waals surface area (Å²) in [5.74, 6) is 0.367. The van der Waals surface area contributed by atoms with Gasteiger partial charge in [-0.25, -0.2) is 0 Å². The van der Waals surface area contributed by atoms with Crippen LogP contribution in [0.2, 0.25) is 0 Å². The molecule has 4 heteroatoms. The Morgan fingerprint density at radius 2 is 2.35 bits per heavy atom. The summed E-state index contributed by atoms with van der Waals surface area (Å²) in [5.41, 5.74) is 0. The molecule has 1 saturated heterocycles. The van der Waals surface area contributed by atoms with Gasteiger partial charge in [-0.3, -0.25) is 4.79 Å². The zero-order valence-electron chi connectivity index (χ0n) is 9.88. The molecule has 2 nitrogen and oxygen atoms in total. The molecule has 1 N–H and O–H groups in total. The van der Waals surface area contributed by atoms with Gasteiger partial charge < -0.3 is 5.32 Å². The van der Waals surface area contributed by atoms with Crippen LogP contribution in [0.3, 0.4) is 0 Å². The number of piperidine rings is 1. The van der Waals surface area contributed by atoms with Crippen molar-refractivity contribution in [3.8, 4) is 0 Å². The SMILES string of the molecule is O=C(CCC1CCCCN1)Cc1ccc(Br)s1. The van der Waals surface area contributed by atoms with Crippen molar-refractivity contribution in [2.45, 2.75) is 44.6 Å². The minimum Gasteiger partial charge on any atom is -0.314 e. The summed E-state index contributed by atoms with van der Waals surface area (Å²) >= 11 is 5.08.